The number of ether oxygens (including phenoxy) is 1. The van der Waals surface area contributed by atoms with Gasteiger partial charge in [-0.25, -0.2) is 4.98 Å². The molecule has 1 aromatic carbocycles. The van der Waals surface area contributed by atoms with E-state index in [0.717, 1.165) is 39.1 Å². The smallest absolute Gasteiger partial charge is 0.137 e. The lowest BCUT2D eigenvalue weighted by atomic mass is 10.1. The normalized spacial score (nSPS) is 12.7. The third kappa shape index (κ3) is 2.73. The first-order chi connectivity index (χ1) is 13.2. The number of hydrogen-bond donors (Lipinski definition) is 1. The summed E-state index contributed by atoms with van der Waals surface area (Å²) in [6, 6.07) is 10.1. The fourth-order valence-corrected chi connectivity index (χ4v) is 3.28. The molecule has 4 aromatic heterocycles. The van der Waals surface area contributed by atoms with E-state index in [1.165, 1.54) is 0 Å². The highest BCUT2D eigenvalue weighted by Gasteiger charge is 2.13. The van der Waals surface area contributed by atoms with Crippen molar-refractivity contribution >= 4 is 16.6 Å². The highest BCUT2D eigenvalue weighted by atomic mass is 16.5. The molecule has 0 spiro atoms. The standard InChI is InChI=1S/C20H18N6O/c1-13(14-5-7-26-8-6-21-19(26)9-14)27-16-3-4-18-17(10-16)20(24-23-18)15-11-22-25(2)12-15/h3-13H,1-2H3,(H,23,24). The van der Waals surface area contributed by atoms with Gasteiger partial charge in [0.25, 0.3) is 0 Å². The Balaban J connectivity index is 1.47. The molecule has 134 valence electrons. The average molecular weight is 358 g/mol. The highest BCUT2D eigenvalue weighted by Crippen LogP contribution is 2.31. The number of hydrogen-bond acceptors (Lipinski definition) is 4. The second kappa shape index (κ2) is 5.98. The number of aromatic amines is 1. The average Bonchev–Trinajstić information content (AvgIpc) is 3.39. The fraction of sp³-hybridized carbons (Fsp3) is 0.150. The molecule has 0 saturated carbocycles. The maximum atomic E-state index is 6.20. The third-order valence-electron chi connectivity index (χ3n) is 4.72. The fourth-order valence-electron chi connectivity index (χ4n) is 3.28. The number of aryl methyl sites for hydroxylation is 1. The summed E-state index contributed by atoms with van der Waals surface area (Å²) in [7, 11) is 1.89. The van der Waals surface area contributed by atoms with E-state index in [1.807, 2.05) is 67.4 Å². The Morgan fingerprint density at radius 1 is 1.15 bits per heavy atom. The highest BCUT2D eigenvalue weighted by molar-refractivity contribution is 5.93. The van der Waals surface area contributed by atoms with Crippen LogP contribution in [0.4, 0.5) is 0 Å². The molecule has 0 amide bonds. The van der Waals surface area contributed by atoms with E-state index in [-0.39, 0.29) is 6.10 Å². The molecule has 5 rings (SSSR count). The van der Waals surface area contributed by atoms with Crippen molar-refractivity contribution in [3.63, 3.8) is 0 Å². The van der Waals surface area contributed by atoms with E-state index in [2.05, 4.69) is 26.3 Å². The Labute approximate surface area is 155 Å². The molecule has 0 saturated heterocycles. The summed E-state index contributed by atoms with van der Waals surface area (Å²) in [6.45, 7) is 2.04. The van der Waals surface area contributed by atoms with Gasteiger partial charge in [-0.2, -0.15) is 10.2 Å². The maximum absolute atomic E-state index is 6.20. The lowest BCUT2D eigenvalue weighted by molar-refractivity contribution is 0.227. The topological polar surface area (TPSA) is 73.0 Å². The molecule has 1 atom stereocenters. The number of fused-ring (bicyclic) bond motifs is 2. The lowest BCUT2D eigenvalue weighted by Gasteiger charge is -2.15. The van der Waals surface area contributed by atoms with Gasteiger partial charge in [-0.3, -0.25) is 9.78 Å². The number of pyridine rings is 1. The summed E-state index contributed by atoms with van der Waals surface area (Å²) in [5, 5.41) is 12.8. The molecule has 27 heavy (non-hydrogen) atoms. The van der Waals surface area contributed by atoms with Crippen LogP contribution in [0.1, 0.15) is 18.6 Å². The van der Waals surface area contributed by atoms with Gasteiger partial charge in [0.15, 0.2) is 0 Å². The van der Waals surface area contributed by atoms with Gasteiger partial charge in [-0.1, -0.05) is 0 Å². The van der Waals surface area contributed by atoms with Crippen molar-refractivity contribution in [2.75, 3.05) is 0 Å². The van der Waals surface area contributed by atoms with E-state index >= 15 is 0 Å². The van der Waals surface area contributed by atoms with Crippen LogP contribution in [0.5, 0.6) is 5.75 Å². The molecular formula is C20H18N6O. The first-order valence-electron chi connectivity index (χ1n) is 8.74. The minimum Gasteiger partial charge on any atom is -0.486 e. The number of nitrogens with zero attached hydrogens (tertiary/aromatic N) is 5. The van der Waals surface area contributed by atoms with Crippen molar-refractivity contribution in [1.29, 1.82) is 0 Å². The van der Waals surface area contributed by atoms with Crippen LogP contribution in [0, 0.1) is 0 Å². The molecule has 7 heteroatoms. The Bertz CT molecular complexity index is 1250. The van der Waals surface area contributed by atoms with Gasteiger partial charge >= 0.3 is 0 Å². The zero-order valence-corrected chi connectivity index (χ0v) is 15.0. The second-order valence-electron chi connectivity index (χ2n) is 6.60. The van der Waals surface area contributed by atoms with Crippen LogP contribution in [0.3, 0.4) is 0 Å². The van der Waals surface area contributed by atoms with Crippen LogP contribution < -0.4 is 4.74 Å². The minimum atomic E-state index is -0.0992. The van der Waals surface area contributed by atoms with Gasteiger partial charge in [-0.15, -0.1) is 0 Å². The number of rotatable bonds is 4. The van der Waals surface area contributed by atoms with Crippen LogP contribution >= 0.6 is 0 Å². The molecule has 1 N–H and O–H groups in total. The van der Waals surface area contributed by atoms with Crippen molar-refractivity contribution in [2.24, 2.45) is 7.05 Å². The van der Waals surface area contributed by atoms with Crippen molar-refractivity contribution in [2.45, 2.75) is 13.0 Å². The summed E-state index contributed by atoms with van der Waals surface area (Å²) in [5.41, 5.74) is 4.79. The summed E-state index contributed by atoms with van der Waals surface area (Å²) in [6.07, 6.45) is 9.38. The molecule has 0 bridgehead atoms. The Morgan fingerprint density at radius 3 is 2.93 bits per heavy atom. The Morgan fingerprint density at radius 2 is 2.07 bits per heavy atom. The van der Waals surface area contributed by atoms with Gasteiger partial charge in [0.05, 0.1) is 11.7 Å². The molecule has 7 nitrogen and oxygen atoms in total. The van der Waals surface area contributed by atoms with Crippen LogP contribution in [-0.4, -0.2) is 29.4 Å². The first kappa shape index (κ1) is 15.6. The maximum Gasteiger partial charge on any atom is 0.137 e. The molecule has 0 aliphatic carbocycles. The molecule has 0 aliphatic rings. The molecule has 5 aromatic rings. The van der Waals surface area contributed by atoms with E-state index < -0.39 is 0 Å². The zero-order valence-electron chi connectivity index (χ0n) is 15.0. The minimum absolute atomic E-state index is 0.0992. The van der Waals surface area contributed by atoms with Crippen LogP contribution in [0.25, 0.3) is 27.8 Å². The summed E-state index contributed by atoms with van der Waals surface area (Å²) in [4.78, 5) is 4.34. The van der Waals surface area contributed by atoms with Crippen LogP contribution in [0.15, 0.2) is 61.3 Å². The lowest BCUT2D eigenvalue weighted by Crippen LogP contribution is -2.03. The number of aromatic nitrogens is 6. The quantitative estimate of drug-likeness (QED) is 0.531. The van der Waals surface area contributed by atoms with Crippen LogP contribution in [-0.2, 0) is 7.05 Å². The number of nitrogens with one attached hydrogen (secondary N) is 1. The Hall–Kier alpha value is -3.61. The van der Waals surface area contributed by atoms with Crippen molar-refractivity contribution in [3.05, 3.63) is 66.9 Å². The summed E-state index contributed by atoms with van der Waals surface area (Å²) < 4.78 is 9.95. The van der Waals surface area contributed by atoms with E-state index in [9.17, 15) is 0 Å². The van der Waals surface area contributed by atoms with Crippen molar-refractivity contribution in [3.8, 4) is 17.0 Å². The predicted octanol–water partition coefficient (Wildman–Crippen LogP) is 3.75. The second-order valence-corrected chi connectivity index (χ2v) is 6.60. The Kier molecular flexibility index (Phi) is 3.46. The molecule has 4 heterocycles. The number of benzene rings is 1. The van der Waals surface area contributed by atoms with Crippen molar-refractivity contribution < 1.29 is 4.74 Å². The van der Waals surface area contributed by atoms with E-state index in [4.69, 9.17) is 4.74 Å². The molecule has 0 aliphatic heterocycles. The molecule has 0 fully saturated rings. The van der Waals surface area contributed by atoms with E-state index in [0.29, 0.717) is 0 Å². The van der Waals surface area contributed by atoms with Gasteiger partial charge < -0.3 is 9.14 Å². The zero-order chi connectivity index (χ0) is 18.4. The summed E-state index contributed by atoms with van der Waals surface area (Å²) in [5.74, 6) is 0.796. The molecule has 0 radical (unpaired) electrons. The number of imidazole rings is 1. The van der Waals surface area contributed by atoms with Gasteiger partial charge in [0.1, 0.15) is 23.2 Å². The van der Waals surface area contributed by atoms with Gasteiger partial charge in [0.2, 0.25) is 0 Å². The van der Waals surface area contributed by atoms with Crippen LogP contribution in [0.2, 0.25) is 0 Å². The molecular weight excluding hydrogens is 340 g/mol. The van der Waals surface area contributed by atoms with Crippen molar-refractivity contribution in [1.82, 2.24) is 29.4 Å². The monoisotopic (exact) mass is 358 g/mol. The van der Waals surface area contributed by atoms with E-state index in [1.54, 1.807) is 10.9 Å². The van der Waals surface area contributed by atoms with Gasteiger partial charge in [0, 0.05) is 42.8 Å². The first-order valence-corrected chi connectivity index (χ1v) is 8.74. The largest absolute Gasteiger partial charge is 0.486 e. The molecule has 1 unspecified atom stereocenters. The predicted molar refractivity (Wildman–Crippen MR) is 103 cm³/mol. The summed E-state index contributed by atoms with van der Waals surface area (Å²) >= 11 is 0. The third-order valence-corrected chi connectivity index (χ3v) is 4.72. The van der Waals surface area contributed by atoms with Gasteiger partial charge in [-0.05, 0) is 42.8 Å². The SMILES string of the molecule is CC(Oc1ccc2[nH]nc(-c3cnn(C)c3)c2c1)c1ccn2ccnc2c1. The number of H-pyrrole nitrogens is 1.